The zero-order valence-electron chi connectivity index (χ0n) is 12.0. The minimum Gasteiger partial charge on any atom is -0.494 e. The number of H-pyrrole nitrogens is 1. The first-order valence-corrected chi connectivity index (χ1v) is 6.68. The third-order valence-corrected chi connectivity index (χ3v) is 2.92. The van der Waals surface area contributed by atoms with Gasteiger partial charge in [0.1, 0.15) is 5.82 Å². The number of hydrogen-bond donors (Lipinski definition) is 2. The zero-order chi connectivity index (χ0) is 14.5. The van der Waals surface area contributed by atoms with Crippen molar-refractivity contribution in [2.24, 2.45) is 5.92 Å². The number of benzene rings is 1. The molecular weight excluding hydrogens is 257 g/mol. The van der Waals surface area contributed by atoms with Crippen molar-refractivity contribution in [3.8, 4) is 17.1 Å². The molecule has 0 aliphatic carbocycles. The van der Waals surface area contributed by atoms with Crippen LogP contribution in [0.4, 0.5) is 4.39 Å². The van der Waals surface area contributed by atoms with Crippen LogP contribution in [0.2, 0.25) is 0 Å². The summed E-state index contributed by atoms with van der Waals surface area (Å²) in [6, 6.07) is 4.70. The fraction of sp³-hybridized carbons (Fsp3) is 0.400. The topological polar surface area (TPSA) is 49.9 Å². The number of halogens is 1. The molecule has 0 bridgehead atoms. The highest BCUT2D eigenvalue weighted by atomic mass is 19.1. The molecular formula is C15H20FN3O. The monoisotopic (exact) mass is 277 g/mol. The second-order valence-corrected chi connectivity index (χ2v) is 5.13. The standard InChI is InChI=1S/C15H20FN3O/c1-10(2)7-17-8-12-9-18-15(19-12)11-4-5-13(16)14(6-11)20-3/h4-6,9-10,17H,7-8H2,1-3H3,(H,18,19). The Kier molecular flexibility index (Phi) is 4.74. The lowest BCUT2D eigenvalue weighted by Crippen LogP contribution is -2.19. The molecule has 0 atom stereocenters. The van der Waals surface area contributed by atoms with Crippen molar-refractivity contribution in [2.45, 2.75) is 20.4 Å². The molecule has 1 aromatic heterocycles. The van der Waals surface area contributed by atoms with Crippen molar-refractivity contribution < 1.29 is 9.13 Å². The lowest BCUT2D eigenvalue weighted by atomic mass is 10.2. The molecule has 0 aliphatic heterocycles. The van der Waals surface area contributed by atoms with Crippen LogP contribution < -0.4 is 10.1 Å². The molecule has 0 radical (unpaired) electrons. The van der Waals surface area contributed by atoms with E-state index in [9.17, 15) is 4.39 Å². The highest BCUT2D eigenvalue weighted by Gasteiger charge is 2.08. The molecule has 2 aromatic rings. The number of imidazole rings is 1. The minimum absolute atomic E-state index is 0.221. The Morgan fingerprint density at radius 1 is 1.40 bits per heavy atom. The lowest BCUT2D eigenvalue weighted by Gasteiger charge is -2.05. The van der Waals surface area contributed by atoms with Gasteiger partial charge in [-0.1, -0.05) is 13.8 Å². The van der Waals surface area contributed by atoms with E-state index in [-0.39, 0.29) is 11.6 Å². The number of rotatable bonds is 6. The fourth-order valence-electron chi connectivity index (χ4n) is 1.90. The molecule has 0 aliphatic rings. The zero-order valence-corrected chi connectivity index (χ0v) is 12.0. The van der Waals surface area contributed by atoms with Gasteiger partial charge in [0, 0.05) is 24.0 Å². The second kappa shape index (κ2) is 6.52. The lowest BCUT2D eigenvalue weighted by molar-refractivity contribution is 0.387. The maximum absolute atomic E-state index is 13.4. The fourth-order valence-corrected chi connectivity index (χ4v) is 1.90. The number of hydrogen-bond acceptors (Lipinski definition) is 3. The maximum Gasteiger partial charge on any atom is 0.165 e. The van der Waals surface area contributed by atoms with Gasteiger partial charge in [-0.2, -0.15) is 0 Å². The van der Waals surface area contributed by atoms with Gasteiger partial charge < -0.3 is 15.0 Å². The van der Waals surface area contributed by atoms with E-state index in [0.29, 0.717) is 11.7 Å². The SMILES string of the molecule is COc1cc(-c2ncc(CNCC(C)C)[nH]2)ccc1F. The van der Waals surface area contributed by atoms with Gasteiger partial charge in [0.25, 0.3) is 0 Å². The van der Waals surface area contributed by atoms with Crippen LogP contribution in [0.3, 0.4) is 0 Å². The normalized spacial score (nSPS) is 11.1. The van der Waals surface area contributed by atoms with Gasteiger partial charge in [0.05, 0.1) is 7.11 Å². The average Bonchev–Trinajstić information content (AvgIpc) is 2.87. The number of aromatic nitrogens is 2. The van der Waals surface area contributed by atoms with Crippen LogP contribution in [0.25, 0.3) is 11.4 Å². The van der Waals surface area contributed by atoms with Crippen molar-refractivity contribution in [3.05, 3.63) is 35.9 Å². The summed E-state index contributed by atoms with van der Waals surface area (Å²) in [4.78, 5) is 7.54. The Balaban J connectivity index is 2.08. The summed E-state index contributed by atoms with van der Waals surface area (Å²) < 4.78 is 18.3. The van der Waals surface area contributed by atoms with Crippen molar-refractivity contribution >= 4 is 0 Å². The molecule has 20 heavy (non-hydrogen) atoms. The molecule has 1 heterocycles. The number of nitrogens with one attached hydrogen (secondary N) is 2. The average molecular weight is 277 g/mol. The summed E-state index contributed by atoms with van der Waals surface area (Å²) in [5.74, 6) is 1.17. The molecule has 5 heteroatoms. The van der Waals surface area contributed by atoms with Crippen LogP contribution in [-0.4, -0.2) is 23.6 Å². The van der Waals surface area contributed by atoms with E-state index in [4.69, 9.17) is 4.74 Å². The van der Waals surface area contributed by atoms with Crippen molar-refractivity contribution in [2.75, 3.05) is 13.7 Å². The quantitative estimate of drug-likeness (QED) is 0.853. The smallest absolute Gasteiger partial charge is 0.165 e. The maximum atomic E-state index is 13.4. The molecule has 0 spiro atoms. The molecule has 0 fully saturated rings. The molecule has 0 saturated heterocycles. The Morgan fingerprint density at radius 3 is 2.90 bits per heavy atom. The van der Waals surface area contributed by atoms with Crippen LogP contribution in [0, 0.1) is 11.7 Å². The summed E-state index contributed by atoms with van der Waals surface area (Å²) in [5, 5.41) is 3.34. The Labute approximate surface area is 118 Å². The predicted octanol–water partition coefficient (Wildman–Crippen LogP) is 2.97. The third-order valence-electron chi connectivity index (χ3n) is 2.92. The summed E-state index contributed by atoms with van der Waals surface area (Å²) >= 11 is 0. The van der Waals surface area contributed by atoms with Crippen molar-refractivity contribution in [1.29, 1.82) is 0 Å². The van der Waals surface area contributed by atoms with E-state index < -0.39 is 0 Å². The van der Waals surface area contributed by atoms with Crippen LogP contribution in [0.15, 0.2) is 24.4 Å². The summed E-state index contributed by atoms with van der Waals surface area (Å²) in [6.45, 7) is 6.02. The Bertz CT molecular complexity index is 566. The molecule has 1 aromatic carbocycles. The summed E-state index contributed by atoms with van der Waals surface area (Å²) in [7, 11) is 1.45. The van der Waals surface area contributed by atoms with Crippen LogP contribution in [0.5, 0.6) is 5.75 Å². The first kappa shape index (κ1) is 14.5. The van der Waals surface area contributed by atoms with E-state index >= 15 is 0 Å². The van der Waals surface area contributed by atoms with Gasteiger partial charge in [-0.25, -0.2) is 9.37 Å². The summed E-state index contributed by atoms with van der Waals surface area (Å²) in [6.07, 6.45) is 1.79. The van der Waals surface area contributed by atoms with E-state index in [1.54, 1.807) is 18.3 Å². The number of nitrogens with zero attached hydrogens (tertiary/aromatic N) is 1. The number of ether oxygens (including phenoxy) is 1. The number of aromatic amines is 1. The van der Waals surface area contributed by atoms with Gasteiger partial charge in [-0.15, -0.1) is 0 Å². The van der Waals surface area contributed by atoms with Crippen LogP contribution in [0.1, 0.15) is 19.5 Å². The number of methoxy groups -OCH3 is 1. The van der Waals surface area contributed by atoms with Crippen molar-refractivity contribution in [1.82, 2.24) is 15.3 Å². The predicted molar refractivity (Wildman–Crippen MR) is 77.1 cm³/mol. The molecule has 0 saturated carbocycles. The van der Waals surface area contributed by atoms with Crippen molar-refractivity contribution in [3.63, 3.8) is 0 Å². The Morgan fingerprint density at radius 2 is 2.20 bits per heavy atom. The Hall–Kier alpha value is -1.88. The molecule has 108 valence electrons. The molecule has 4 nitrogen and oxygen atoms in total. The van der Waals surface area contributed by atoms with E-state index in [1.807, 2.05) is 0 Å². The van der Waals surface area contributed by atoms with Gasteiger partial charge in [-0.05, 0) is 30.7 Å². The molecule has 2 N–H and O–H groups in total. The highest BCUT2D eigenvalue weighted by Crippen LogP contribution is 2.24. The first-order chi connectivity index (χ1) is 9.60. The van der Waals surface area contributed by atoms with Crippen LogP contribution in [-0.2, 0) is 6.54 Å². The van der Waals surface area contributed by atoms with E-state index in [2.05, 4.69) is 29.1 Å². The molecule has 0 unspecified atom stereocenters. The van der Waals surface area contributed by atoms with Gasteiger partial charge in [0.2, 0.25) is 0 Å². The third kappa shape index (κ3) is 3.57. The van der Waals surface area contributed by atoms with E-state index in [0.717, 1.165) is 24.3 Å². The van der Waals surface area contributed by atoms with Gasteiger partial charge in [0.15, 0.2) is 11.6 Å². The minimum atomic E-state index is -0.373. The molecule has 0 amide bonds. The first-order valence-electron chi connectivity index (χ1n) is 6.68. The second-order valence-electron chi connectivity index (χ2n) is 5.13. The molecule has 2 rings (SSSR count). The van der Waals surface area contributed by atoms with Gasteiger partial charge >= 0.3 is 0 Å². The summed E-state index contributed by atoms with van der Waals surface area (Å²) in [5.41, 5.74) is 1.81. The largest absolute Gasteiger partial charge is 0.494 e. The highest BCUT2D eigenvalue weighted by molar-refractivity contribution is 5.58. The van der Waals surface area contributed by atoms with E-state index in [1.165, 1.54) is 13.2 Å². The van der Waals surface area contributed by atoms with Gasteiger partial charge in [-0.3, -0.25) is 0 Å². The van der Waals surface area contributed by atoms with Crippen LogP contribution >= 0.6 is 0 Å².